The van der Waals surface area contributed by atoms with Gasteiger partial charge in [0.05, 0.1) is 0 Å². The van der Waals surface area contributed by atoms with Crippen molar-refractivity contribution in [1.29, 1.82) is 0 Å². The Labute approximate surface area is 160 Å². The quantitative estimate of drug-likeness (QED) is 0.502. The van der Waals surface area contributed by atoms with E-state index in [4.69, 9.17) is 28.4 Å². The molecule has 26 heavy (non-hydrogen) atoms. The van der Waals surface area contributed by atoms with Gasteiger partial charge in [0.1, 0.15) is 11.6 Å². The normalized spacial score (nSPS) is 11.0. The highest BCUT2D eigenvalue weighted by molar-refractivity contribution is 6.30. The van der Waals surface area contributed by atoms with E-state index in [0.717, 1.165) is 0 Å². The summed E-state index contributed by atoms with van der Waals surface area (Å²) in [6, 6.07) is 8.75. The molecular formula is C18H18Cl2F2N2O2. The van der Waals surface area contributed by atoms with Crippen LogP contribution in [0.5, 0.6) is 0 Å². The van der Waals surface area contributed by atoms with Gasteiger partial charge >= 0.3 is 0 Å². The summed E-state index contributed by atoms with van der Waals surface area (Å²) in [4.78, 5) is 13.0. The first-order valence-electron chi connectivity index (χ1n) is 7.92. The maximum Gasteiger partial charge on any atom is 0.243 e. The molecule has 0 fully saturated rings. The molecule has 0 heterocycles. The fraction of sp³-hybridized carbons (Fsp3) is 0.278. The number of amides is 1. The third-order valence-corrected chi connectivity index (χ3v) is 4.29. The first kappa shape index (κ1) is 20.6. The molecule has 0 unspecified atom stereocenters. The van der Waals surface area contributed by atoms with Crippen molar-refractivity contribution >= 4 is 29.1 Å². The zero-order valence-corrected chi connectivity index (χ0v) is 15.3. The van der Waals surface area contributed by atoms with Crippen molar-refractivity contribution in [2.24, 2.45) is 0 Å². The van der Waals surface area contributed by atoms with Crippen LogP contribution < -0.4 is 5.48 Å². The molecule has 2 aromatic rings. The van der Waals surface area contributed by atoms with Crippen LogP contribution in [-0.2, 0) is 17.9 Å². The number of hydroxylamine groups is 1. The Kier molecular flexibility index (Phi) is 7.78. The first-order valence-corrected chi connectivity index (χ1v) is 8.68. The molecule has 0 aliphatic carbocycles. The summed E-state index contributed by atoms with van der Waals surface area (Å²) >= 11 is 11.5. The van der Waals surface area contributed by atoms with Crippen LogP contribution in [0, 0.1) is 11.6 Å². The zero-order chi connectivity index (χ0) is 19.1. The minimum Gasteiger partial charge on any atom is -0.295 e. The van der Waals surface area contributed by atoms with Crippen molar-refractivity contribution in [3.05, 3.63) is 69.2 Å². The Balaban J connectivity index is 2.13. The Morgan fingerprint density at radius 2 is 1.50 bits per heavy atom. The lowest BCUT2D eigenvalue weighted by Crippen LogP contribution is -2.27. The largest absolute Gasteiger partial charge is 0.295 e. The molecule has 0 aromatic heterocycles. The molecule has 0 atom stereocenters. The predicted molar refractivity (Wildman–Crippen MR) is 96.1 cm³/mol. The Bertz CT molecular complexity index is 721. The van der Waals surface area contributed by atoms with E-state index in [1.807, 2.05) is 4.90 Å². The Morgan fingerprint density at radius 1 is 1.00 bits per heavy atom. The number of nitrogens with one attached hydrogen (secondary N) is 1. The number of hydrogen-bond acceptors (Lipinski definition) is 3. The summed E-state index contributed by atoms with van der Waals surface area (Å²) in [5.74, 6) is -1.42. The first-order chi connectivity index (χ1) is 12.4. The fourth-order valence-corrected chi connectivity index (χ4v) is 2.83. The van der Waals surface area contributed by atoms with Gasteiger partial charge in [-0.3, -0.25) is 14.9 Å². The second kappa shape index (κ2) is 9.83. The fourth-order valence-electron chi connectivity index (χ4n) is 2.51. The molecule has 140 valence electrons. The van der Waals surface area contributed by atoms with Crippen LogP contribution in [0.15, 0.2) is 36.4 Å². The molecule has 0 radical (unpaired) electrons. The van der Waals surface area contributed by atoms with Crippen LogP contribution in [0.4, 0.5) is 8.78 Å². The van der Waals surface area contributed by atoms with Gasteiger partial charge in [-0.1, -0.05) is 35.3 Å². The Hall–Kier alpha value is -1.73. The predicted octanol–water partition coefficient (Wildman–Crippen LogP) is 4.56. The summed E-state index contributed by atoms with van der Waals surface area (Å²) in [7, 11) is 0. The van der Waals surface area contributed by atoms with E-state index in [9.17, 15) is 13.6 Å². The van der Waals surface area contributed by atoms with E-state index in [-0.39, 0.29) is 19.5 Å². The minimum atomic E-state index is -0.514. The average molecular weight is 403 g/mol. The van der Waals surface area contributed by atoms with Gasteiger partial charge < -0.3 is 0 Å². The number of hydrogen-bond donors (Lipinski definition) is 2. The second-order valence-corrected chi connectivity index (χ2v) is 6.69. The van der Waals surface area contributed by atoms with Gasteiger partial charge in [-0.25, -0.2) is 14.3 Å². The molecule has 1 amide bonds. The highest BCUT2D eigenvalue weighted by atomic mass is 35.5. The van der Waals surface area contributed by atoms with Crippen molar-refractivity contribution in [2.45, 2.75) is 25.9 Å². The molecule has 4 nitrogen and oxygen atoms in total. The number of carbonyl (C=O) groups is 1. The van der Waals surface area contributed by atoms with E-state index in [1.54, 1.807) is 29.7 Å². The number of carbonyl (C=O) groups excluding carboxylic acids is 1. The molecular weight excluding hydrogens is 385 g/mol. The van der Waals surface area contributed by atoms with Crippen molar-refractivity contribution in [3.63, 3.8) is 0 Å². The molecule has 0 aliphatic heterocycles. The lowest BCUT2D eigenvalue weighted by Gasteiger charge is -2.23. The van der Waals surface area contributed by atoms with Crippen LogP contribution >= 0.6 is 23.2 Å². The van der Waals surface area contributed by atoms with Gasteiger partial charge in [0.2, 0.25) is 5.91 Å². The molecule has 0 saturated carbocycles. The molecule has 0 saturated heterocycles. The van der Waals surface area contributed by atoms with Gasteiger partial charge in [-0.2, -0.15) is 0 Å². The van der Waals surface area contributed by atoms with Crippen LogP contribution in [0.3, 0.4) is 0 Å². The highest BCUT2D eigenvalue weighted by Gasteiger charge is 2.14. The summed E-state index contributed by atoms with van der Waals surface area (Å²) in [6.45, 7) is 0.829. The highest BCUT2D eigenvalue weighted by Crippen LogP contribution is 2.20. The van der Waals surface area contributed by atoms with Gasteiger partial charge in [0.25, 0.3) is 0 Å². The van der Waals surface area contributed by atoms with Crippen molar-refractivity contribution < 1.29 is 18.8 Å². The van der Waals surface area contributed by atoms with E-state index < -0.39 is 17.5 Å². The molecule has 0 spiro atoms. The average Bonchev–Trinajstić information content (AvgIpc) is 2.59. The SMILES string of the molecule is O=C(CCCN(Cc1ccc(Cl)cc1F)Cc1ccc(Cl)cc1F)NO. The summed E-state index contributed by atoms with van der Waals surface area (Å²) < 4.78 is 28.2. The second-order valence-electron chi connectivity index (χ2n) is 5.82. The van der Waals surface area contributed by atoms with E-state index in [1.165, 1.54) is 12.1 Å². The van der Waals surface area contributed by atoms with Crippen molar-refractivity contribution in [3.8, 4) is 0 Å². The molecule has 0 bridgehead atoms. The lowest BCUT2D eigenvalue weighted by molar-refractivity contribution is -0.129. The number of rotatable bonds is 8. The minimum absolute atomic E-state index is 0.0964. The summed E-state index contributed by atoms with van der Waals surface area (Å²) in [5.41, 5.74) is 2.39. The summed E-state index contributed by atoms with van der Waals surface area (Å²) in [6.07, 6.45) is 0.510. The Morgan fingerprint density at radius 3 is 1.92 bits per heavy atom. The maximum atomic E-state index is 14.1. The van der Waals surface area contributed by atoms with E-state index in [0.29, 0.717) is 34.1 Å². The third-order valence-electron chi connectivity index (χ3n) is 3.82. The molecule has 2 N–H and O–H groups in total. The monoisotopic (exact) mass is 402 g/mol. The molecule has 2 aromatic carbocycles. The van der Waals surface area contributed by atoms with E-state index >= 15 is 0 Å². The van der Waals surface area contributed by atoms with Crippen LogP contribution in [0.1, 0.15) is 24.0 Å². The standard InChI is InChI=1S/C18H18Cl2F2N2O2/c19-14-5-3-12(16(21)8-14)10-24(7-1-2-18(25)23-26)11-13-4-6-15(20)9-17(13)22/h3-6,8-9,26H,1-2,7,10-11H2,(H,23,25). The van der Waals surface area contributed by atoms with Gasteiger partial charge in [0.15, 0.2) is 0 Å². The van der Waals surface area contributed by atoms with Crippen LogP contribution in [-0.4, -0.2) is 22.6 Å². The summed E-state index contributed by atoms with van der Waals surface area (Å²) in [5, 5.41) is 9.14. The van der Waals surface area contributed by atoms with E-state index in [2.05, 4.69) is 0 Å². The van der Waals surface area contributed by atoms with Crippen molar-refractivity contribution in [2.75, 3.05) is 6.54 Å². The molecule has 2 rings (SSSR count). The van der Waals surface area contributed by atoms with Gasteiger partial charge in [-0.05, 0) is 37.2 Å². The van der Waals surface area contributed by atoms with Crippen molar-refractivity contribution in [1.82, 2.24) is 10.4 Å². The lowest BCUT2D eigenvalue weighted by atomic mass is 10.1. The molecule has 8 heteroatoms. The van der Waals surface area contributed by atoms with Crippen LogP contribution in [0.25, 0.3) is 0 Å². The smallest absolute Gasteiger partial charge is 0.243 e. The van der Waals surface area contributed by atoms with Gasteiger partial charge in [0, 0.05) is 40.7 Å². The van der Waals surface area contributed by atoms with Crippen LogP contribution in [0.2, 0.25) is 10.0 Å². The third kappa shape index (κ3) is 6.21. The number of benzene rings is 2. The molecule has 0 aliphatic rings. The maximum absolute atomic E-state index is 14.1. The topological polar surface area (TPSA) is 52.6 Å². The number of halogens is 4. The van der Waals surface area contributed by atoms with Gasteiger partial charge in [-0.15, -0.1) is 0 Å². The number of nitrogens with zero attached hydrogens (tertiary/aromatic N) is 1. The zero-order valence-electron chi connectivity index (χ0n) is 13.8.